The van der Waals surface area contributed by atoms with E-state index in [2.05, 4.69) is 20.9 Å². The molecule has 7 rings (SSSR count). The summed E-state index contributed by atoms with van der Waals surface area (Å²) >= 11 is 0. The van der Waals surface area contributed by atoms with Crippen molar-refractivity contribution in [3.63, 3.8) is 0 Å². The molecule has 1 fully saturated rings. The van der Waals surface area contributed by atoms with Gasteiger partial charge in [-0.3, -0.25) is 9.69 Å². The van der Waals surface area contributed by atoms with E-state index in [-0.39, 0.29) is 36.1 Å². The average Bonchev–Trinajstić information content (AvgIpc) is 3.75. The number of carbonyl (C=O) groups excluding carboxylic acids is 1. The Labute approximate surface area is 249 Å². The highest BCUT2D eigenvalue weighted by atomic mass is 19.1. The molecular weight excluding hydrogens is 547 g/mol. The number of aromatic nitrogens is 2. The minimum absolute atomic E-state index is 0.102. The van der Waals surface area contributed by atoms with Crippen LogP contribution in [0.4, 0.5) is 10.1 Å². The fraction of sp³-hybridized carbons (Fsp3) is 0.353. The normalized spacial score (nSPS) is 17.9. The number of hydrogen-bond donors (Lipinski definition) is 3. The second-order valence-corrected chi connectivity index (χ2v) is 12.5. The van der Waals surface area contributed by atoms with Crippen molar-refractivity contribution >= 4 is 28.2 Å². The summed E-state index contributed by atoms with van der Waals surface area (Å²) in [4.78, 5) is 25.2. The number of ether oxygens (including phenoxy) is 1. The largest absolute Gasteiger partial charge is 0.505 e. The number of phenolic OH excluding ortho intramolecular Hbond substituents is 1. The lowest BCUT2D eigenvalue weighted by molar-refractivity contribution is 0.0397. The number of nitrogens with zero attached hydrogens (tertiary/aromatic N) is 3. The Hall–Kier alpha value is -4.21. The van der Waals surface area contributed by atoms with Crippen molar-refractivity contribution in [1.82, 2.24) is 14.9 Å². The molecule has 0 radical (unpaired) electrons. The zero-order chi connectivity index (χ0) is 29.9. The standard InChI is InChI=1S/C34H35FN4O4/c1-34(2,42)19-38-11-8-21(9-12-38)28-18-27-24(7-10-36-32(27)37-28)26-16-23(35)17-29(31(26)40)39-13-14-43-30-15-22(20-3-4-20)5-6-25(30)33(39)41/h5-8,10,15-18,20,40,42H,3-4,9,11-14,19H2,1-2H3,(H,36,37). The van der Waals surface area contributed by atoms with Crippen LogP contribution in [0.15, 0.2) is 54.7 Å². The van der Waals surface area contributed by atoms with Gasteiger partial charge in [0.1, 0.15) is 29.6 Å². The van der Waals surface area contributed by atoms with Gasteiger partial charge < -0.3 is 24.8 Å². The molecule has 1 amide bonds. The first-order chi connectivity index (χ1) is 20.6. The number of hydrogen-bond acceptors (Lipinski definition) is 6. The molecule has 2 aliphatic heterocycles. The molecule has 222 valence electrons. The third kappa shape index (κ3) is 5.39. The number of anilines is 1. The SMILES string of the molecule is CC(C)(O)CN1CC=C(c2cc3c(-c4cc(F)cc(N5CCOc6cc(C7CC7)ccc6C5=O)c4O)ccnc3[nH]2)CC1. The van der Waals surface area contributed by atoms with E-state index >= 15 is 4.39 Å². The molecule has 4 aromatic rings. The summed E-state index contributed by atoms with van der Waals surface area (Å²) < 4.78 is 21.2. The molecule has 1 saturated carbocycles. The van der Waals surface area contributed by atoms with Crippen molar-refractivity contribution < 1.29 is 24.1 Å². The van der Waals surface area contributed by atoms with Crippen LogP contribution in [-0.2, 0) is 0 Å². The molecular formula is C34H35FN4O4. The lowest BCUT2D eigenvalue weighted by Crippen LogP contribution is -2.40. The number of aliphatic hydroxyl groups is 1. The van der Waals surface area contributed by atoms with Crippen molar-refractivity contribution in [3.8, 4) is 22.6 Å². The van der Waals surface area contributed by atoms with Gasteiger partial charge in [0.25, 0.3) is 5.91 Å². The van der Waals surface area contributed by atoms with Gasteiger partial charge in [-0.05, 0) is 86.1 Å². The number of aromatic hydroxyl groups is 1. The molecule has 0 atom stereocenters. The zero-order valence-electron chi connectivity index (χ0n) is 24.4. The van der Waals surface area contributed by atoms with Gasteiger partial charge in [0.05, 0.1) is 23.4 Å². The lowest BCUT2D eigenvalue weighted by atomic mass is 9.99. The number of carbonyl (C=O) groups is 1. The molecule has 0 bridgehead atoms. The van der Waals surface area contributed by atoms with Crippen LogP contribution in [-0.4, -0.2) is 69.4 Å². The Balaban J connectivity index is 1.23. The Morgan fingerprint density at radius 1 is 1.09 bits per heavy atom. The summed E-state index contributed by atoms with van der Waals surface area (Å²) in [5.41, 5.74) is 4.47. The molecule has 3 aliphatic rings. The topological polar surface area (TPSA) is 102 Å². The Bertz CT molecular complexity index is 1770. The Morgan fingerprint density at radius 2 is 1.93 bits per heavy atom. The van der Waals surface area contributed by atoms with E-state index in [4.69, 9.17) is 4.74 Å². The van der Waals surface area contributed by atoms with Crippen molar-refractivity contribution in [3.05, 3.63) is 77.4 Å². The van der Waals surface area contributed by atoms with Gasteiger partial charge in [-0.2, -0.15) is 0 Å². The minimum atomic E-state index is -0.759. The van der Waals surface area contributed by atoms with E-state index in [1.54, 1.807) is 18.3 Å². The maximum absolute atomic E-state index is 15.2. The average molecular weight is 583 g/mol. The van der Waals surface area contributed by atoms with Crippen LogP contribution in [0, 0.1) is 5.82 Å². The van der Waals surface area contributed by atoms with Crippen molar-refractivity contribution in [2.45, 2.75) is 44.6 Å². The predicted octanol–water partition coefficient (Wildman–Crippen LogP) is 5.85. The molecule has 2 aromatic heterocycles. The summed E-state index contributed by atoms with van der Waals surface area (Å²) in [7, 11) is 0. The first kappa shape index (κ1) is 27.6. The molecule has 3 N–H and O–H groups in total. The number of phenols is 1. The monoisotopic (exact) mass is 582 g/mol. The predicted molar refractivity (Wildman–Crippen MR) is 164 cm³/mol. The number of halogens is 1. The maximum Gasteiger partial charge on any atom is 0.262 e. The zero-order valence-corrected chi connectivity index (χ0v) is 24.4. The molecule has 43 heavy (non-hydrogen) atoms. The first-order valence-electron chi connectivity index (χ1n) is 14.9. The summed E-state index contributed by atoms with van der Waals surface area (Å²) in [6.45, 7) is 6.14. The molecule has 9 heteroatoms. The second-order valence-electron chi connectivity index (χ2n) is 12.5. The number of rotatable bonds is 6. The van der Waals surface area contributed by atoms with Crippen LogP contribution >= 0.6 is 0 Å². The highest BCUT2D eigenvalue weighted by molar-refractivity contribution is 6.10. The highest BCUT2D eigenvalue weighted by Crippen LogP contribution is 2.44. The summed E-state index contributed by atoms with van der Waals surface area (Å²) in [6, 6.07) is 11.9. The van der Waals surface area contributed by atoms with Crippen LogP contribution in [0.2, 0.25) is 0 Å². The summed E-state index contributed by atoms with van der Waals surface area (Å²) in [5.74, 6) is -0.0285. The van der Waals surface area contributed by atoms with Gasteiger partial charge in [-0.25, -0.2) is 9.37 Å². The molecule has 0 spiro atoms. The van der Waals surface area contributed by atoms with Crippen LogP contribution in [0.3, 0.4) is 0 Å². The van der Waals surface area contributed by atoms with Crippen LogP contribution in [0.5, 0.6) is 11.5 Å². The van der Waals surface area contributed by atoms with E-state index in [0.717, 1.165) is 49.0 Å². The van der Waals surface area contributed by atoms with Crippen molar-refractivity contribution in [2.24, 2.45) is 0 Å². The summed E-state index contributed by atoms with van der Waals surface area (Å²) in [5, 5.41) is 22.5. The van der Waals surface area contributed by atoms with Crippen molar-refractivity contribution in [2.75, 3.05) is 37.7 Å². The number of H-pyrrole nitrogens is 1. The van der Waals surface area contributed by atoms with Gasteiger partial charge in [0, 0.05) is 48.5 Å². The fourth-order valence-electron chi connectivity index (χ4n) is 6.31. The Morgan fingerprint density at radius 3 is 2.67 bits per heavy atom. The van der Waals surface area contributed by atoms with E-state index in [1.165, 1.54) is 22.6 Å². The van der Waals surface area contributed by atoms with Crippen LogP contribution < -0.4 is 9.64 Å². The lowest BCUT2D eigenvalue weighted by Gasteiger charge is -2.31. The molecule has 2 aromatic carbocycles. The number of β-amino-alcohol motifs (C(OH)–C–C–N with tert-alkyl or cyclic N) is 1. The van der Waals surface area contributed by atoms with E-state index < -0.39 is 11.4 Å². The fourth-order valence-corrected chi connectivity index (χ4v) is 6.31. The quantitative estimate of drug-likeness (QED) is 0.264. The molecule has 8 nitrogen and oxygen atoms in total. The van der Waals surface area contributed by atoms with Gasteiger partial charge in [-0.15, -0.1) is 0 Å². The molecule has 1 aliphatic carbocycles. The van der Waals surface area contributed by atoms with E-state index in [9.17, 15) is 15.0 Å². The number of nitrogens with one attached hydrogen (secondary N) is 1. The number of benzene rings is 2. The molecule has 0 saturated heterocycles. The number of amides is 1. The van der Waals surface area contributed by atoms with Gasteiger partial charge in [-0.1, -0.05) is 12.1 Å². The third-order valence-electron chi connectivity index (χ3n) is 8.52. The summed E-state index contributed by atoms with van der Waals surface area (Å²) in [6.07, 6.45) is 6.86. The molecule has 4 heterocycles. The Kier molecular flexibility index (Phi) is 6.74. The van der Waals surface area contributed by atoms with Crippen LogP contribution in [0.1, 0.15) is 60.6 Å². The number of pyridine rings is 1. The van der Waals surface area contributed by atoms with E-state index in [0.29, 0.717) is 35.0 Å². The minimum Gasteiger partial charge on any atom is -0.505 e. The van der Waals surface area contributed by atoms with Gasteiger partial charge in [0.2, 0.25) is 0 Å². The third-order valence-corrected chi connectivity index (χ3v) is 8.52. The highest BCUT2D eigenvalue weighted by Gasteiger charge is 2.31. The second kappa shape index (κ2) is 10.5. The molecule has 0 unspecified atom stereocenters. The van der Waals surface area contributed by atoms with Crippen molar-refractivity contribution in [1.29, 1.82) is 0 Å². The van der Waals surface area contributed by atoms with E-state index in [1.807, 2.05) is 32.0 Å². The maximum atomic E-state index is 15.2. The van der Waals surface area contributed by atoms with Gasteiger partial charge in [0.15, 0.2) is 0 Å². The van der Waals surface area contributed by atoms with Gasteiger partial charge >= 0.3 is 0 Å². The number of aromatic amines is 1. The first-order valence-corrected chi connectivity index (χ1v) is 14.9. The number of fused-ring (bicyclic) bond motifs is 2. The van der Waals surface area contributed by atoms with Crippen LogP contribution in [0.25, 0.3) is 27.7 Å². The smallest absolute Gasteiger partial charge is 0.262 e.